The van der Waals surface area contributed by atoms with Crippen molar-refractivity contribution in [2.45, 2.75) is 155 Å². The van der Waals surface area contributed by atoms with Crippen LogP contribution in [-0.4, -0.2) is 120 Å². The van der Waals surface area contributed by atoms with Gasteiger partial charge in [-0.05, 0) is 67.4 Å². The highest BCUT2D eigenvalue weighted by atomic mass is 31.2. The number of hydrogen-bond donors (Lipinski definition) is 3. The zero-order valence-corrected chi connectivity index (χ0v) is 47.7. The van der Waals surface area contributed by atoms with Gasteiger partial charge in [0.2, 0.25) is 0 Å². The van der Waals surface area contributed by atoms with Crippen LogP contribution in [0.5, 0.6) is 0 Å². The smallest absolute Gasteiger partial charge is 0.462 e. The summed E-state index contributed by atoms with van der Waals surface area (Å²) in [5, 5.41) is 3.35. The molecule has 0 bridgehead atoms. The molecular weight excluding hydrogens is 1000 g/mol. The Labute approximate surface area is 456 Å². The van der Waals surface area contributed by atoms with Crippen LogP contribution < -0.4 is 16.0 Å². The molecule has 0 fully saturated rings. The lowest BCUT2D eigenvalue weighted by Gasteiger charge is -2.24. The maximum atomic E-state index is 14.3. The highest BCUT2D eigenvalue weighted by Crippen LogP contribution is 2.43. The van der Waals surface area contributed by atoms with Crippen molar-refractivity contribution in [3.8, 4) is 0 Å². The molecular formula is C57H88N8O11P+. The summed E-state index contributed by atoms with van der Waals surface area (Å²) in [6, 6.07) is 17.4. The van der Waals surface area contributed by atoms with Crippen LogP contribution in [0.25, 0.3) is 11.0 Å². The second-order valence-corrected chi connectivity index (χ2v) is 22.0. The van der Waals surface area contributed by atoms with E-state index in [1.807, 2.05) is 44.9 Å². The van der Waals surface area contributed by atoms with Crippen molar-refractivity contribution in [2.75, 3.05) is 70.9 Å². The molecule has 2 aromatic carbocycles. The number of carbonyl (C=O) groups excluding carboxylic acids is 4. The minimum absolute atomic E-state index is 0.0532. The average Bonchev–Trinajstić information content (AvgIpc) is 3.73. The van der Waals surface area contributed by atoms with Crippen molar-refractivity contribution in [3.05, 3.63) is 83.8 Å². The number of anilines is 2. The zero-order valence-electron chi connectivity index (χ0n) is 46.8. The van der Waals surface area contributed by atoms with E-state index in [-0.39, 0.29) is 31.8 Å². The number of quaternary nitrogens is 1. The van der Waals surface area contributed by atoms with Crippen molar-refractivity contribution in [1.29, 1.82) is 0 Å². The van der Waals surface area contributed by atoms with Gasteiger partial charge in [-0.1, -0.05) is 123 Å². The Hall–Kier alpha value is -5.72. The molecule has 0 radical (unpaired) electrons. The fourth-order valence-corrected chi connectivity index (χ4v) is 9.03. The first kappa shape index (κ1) is 63.8. The summed E-state index contributed by atoms with van der Waals surface area (Å²) in [5.74, 6) is -0.627. The first-order valence-corrected chi connectivity index (χ1v) is 29.3. The summed E-state index contributed by atoms with van der Waals surface area (Å²) in [6.45, 7) is 4.26. The first-order chi connectivity index (χ1) is 37.0. The number of nitrogens with zero attached hydrogens (tertiary/aromatic N) is 6. The molecule has 0 saturated carbocycles. The fourth-order valence-electron chi connectivity index (χ4n) is 8.28. The molecule has 426 valence electrons. The summed E-state index contributed by atoms with van der Waals surface area (Å²) < 4.78 is 42.0. The van der Waals surface area contributed by atoms with Crippen LogP contribution in [0.1, 0.15) is 164 Å². The Morgan fingerprint density at radius 3 is 2.00 bits per heavy atom. The van der Waals surface area contributed by atoms with Gasteiger partial charge in [0.1, 0.15) is 37.2 Å². The van der Waals surface area contributed by atoms with Crippen molar-refractivity contribution in [1.82, 2.24) is 14.5 Å². The molecule has 0 saturated heterocycles. The molecule has 4 rings (SSSR count). The molecule has 2 heterocycles. The van der Waals surface area contributed by atoms with Gasteiger partial charge in [0.05, 0.1) is 58.4 Å². The van der Waals surface area contributed by atoms with Crippen molar-refractivity contribution >= 4 is 60.1 Å². The number of aromatic nitrogens is 3. The van der Waals surface area contributed by atoms with Gasteiger partial charge in [-0.25, -0.2) is 19.3 Å². The number of ether oxygens (including phenoxy) is 3. The van der Waals surface area contributed by atoms with Gasteiger partial charge in [0, 0.05) is 43.0 Å². The molecule has 19 nitrogen and oxygen atoms in total. The number of imidazole rings is 1. The van der Waals surface area contributed by atoms with E-state index in [0.717, 1.165) is 56.1 Å². The number of nitrogens with one attached hydrogen (secondary N) is 1. The van der Waals surface area contributed by atoms with Crippen LogP contribution in [0.15, 0.2) is 71.9 Å². The summed E-state index contributed by atoms with van der Waals surface area (Å²) >= 11 is 0. The van der Waals surface area contributed by atoms with Crippen LogP contribution in [0.4, 0.5) is 16.3 Å². The number of amides is 2. The van der Waals surface area contributed by atoms with Crippen LogP contribution >= 0.6 is 7.82 Å². The minimum atomic E-state index is -4.54. The summed E-state index contributed by atoms with van der Waals surface area (Å²) in [7, 11) is 3.07. The number of phosphoric ester groups is 1. The molecule has 2 unspecified atom stereocenters. The number of unbranched alkanes of at least 4 members (excludes halogenated alkanes) is 16. The minimum Gasteiger partial charge on any atom is -0.462 e. The Balaban J connectivity index is 1.32. The predicted molar refractivity (Wildman–Crippen MR) is 302 cm³/mol. The van der Waals surface area contributed by atoms with Gasteiger partial charge in [-0.15, -0.1) is 0 Å². The molecule has 0 aliphatic rings. The van der Waals surface area contributed by atoms with Crippen LogP contribution in [0, 0.1) is 0 Å². The molecule has 0 aliphatic heterocycles. The van der Waals surface area contributed by atoms with E-state index in [4.69, 9.17) is 34.0 Å². The Kier molecular flexibility index (Phi) is 28.9. The lowest BCUT2D eigenvalue weighted by atomic mass is 10.0. The van der Waals surface area contributed by atoms with Gasteiger partial charge in [0.25, 0.3) is 5.91 Å². The maximum absolute atomic E-state index is 14.3. The van der Waals surface area contributed by atoms with Crippen LogP contribution in [0.3, 0.4) is 0 Å². The molecule has 2 amide bonds. The quantitative estimate of drug-likeness (QED) is 0.00717. The number of hydrogen-bond acceptors (Lipinski definition) is 13. The van der Waals surface area contributed by atoms with Crippen molar-refractivity contribution in [3.63, 3.8) is 0 Å². The standard InChI is InChI=1S/C57H87N8O11P/c1-7-9-11-13-14-15-16-17-18-19-20-21-22-23-28-54(67)76-48(44-75-77(70,71)74-40-38-65(4,5)6)43-73-53(66)35-37-64(51-27-24-25-36-59-51)56(68)46-31-34-50-49(41-46)61-52(63(50)3)42-60-47-32-29-45(30-33-47)55(58)62-57(69)72-39-26-12-10-8-2/h24-25,27,29-34,36,41,48H,7-23,26,28,35,37-40,42-44H2,1-6H3,(H3-,58,60,62,69,70,71)/p+1. The number of carbonyl (C=O) groups is 4. The van der Waals surface area contributed by atoms with Crippen LogP contribution in [0.2, 0.25) is 0 Å². The lowest BCUT2D eigenvalue weighted by molar-refractivity contribution is -0.870. The molecule has 20 heteroatoms. The van der Waals surface area contributed by atoms with E-state index < -0.39 is 51.1 Å². The number of pyridine rings is 1. The number of phosphoric acid groups is 1. The molecule has 4 aromatic rings. The SMILES string of the molecule is CCCCCCCCCCCCCCCCC(=O)OC(COC(=O)CCN(C(=O)c1ccc2c(c1)nc(CNc1ccc(/C(N)=N/C(=O)OCCCCCC)cc1)n2C)c1ccccn1)COP(=O)(O)OCC[N+](C)(C)C. The second kappa shape index (κ2) is 34.9. The number of aryl methyl sites for hydroxylation is 1. The van der Waals surface area contributed by atoms with Gasteiger partial charge in [0.15, 0.2) is 6.10 Å². The number of benzene rings is 2. The molecule has 2 aromatic heterocycles. The molecule has 4 N–H and O–H groups in total. The normalized spacial score (nSPS) is 13.0. The number of amidine groups is 1. The first-order valence-electron chi connectivity index (χ1n) is 27.8. The van der Waals surface area contributed by atoms with Crippen LogP contribution in [-0.2, 0) is 51.0 Å². The third-order valence-electron chi connectivity index (χ3n) is 12.9. The molecule has 0 spiro atoms. The third-order valence-corrected chi connectivity index (χ3v) is 13.9. The highest BCUT2D eigenvalue weighted by molar-refractivity contribution is 7.47. The second-order valence-electron chi connectivity index (χ2n) is 20.5. The number of rotatable bonds is 39. The van der Waals surface area contributed by atoms with Gasteiger partial charge in [-0.3, -0.25) is 28.3 Å². The predicted octanol–water partition coefficient (Wildman–Crippen LogP) is 11.2. The summed E-state index contributed by atoms with van der Waals surface area (Å²) in [5.41, 5.74) is 9.10. The molecule has 77 heavy (non-hydrogen) atoms. The topological polar surface area (TPSA) is 236 Å². The number of esters is 2. The van der Waals surface area contributed by atoms with E-state index in [2.05, 4.69) is 29.1 Å². The number of aliphatic imine (C=N–C) groups is 1. The fraction of sp³-hybridized carbons (Fsp3) is 0.596. The van der Waals surface area contributed by atoms with E-state index in [1.165, 1.54) is 69.1 Å². The Morgan fingerprint density at radius 2 is 1.38 bits per heavy atom. The van der Waals surface area contributed by atoms with Gasteiger partial charge >= 0.3 is 25.9 Å². The zero-order chi connectivity index (χ0) is 55.9. The third kappa shape index (κ3) is 25.5. The number of nitrogens with two attached hydrogens (primary N) is 1. The largest absolute Gasteiger partial charge is 0.472 e. The molecule has 0 aliphatic carbocycles. The molecule has 2 atom stereocenters. The van der Waals surface area contributed by atoms with Gasteiger partial charge in [-0.2, -0.15) is 4.99 Å². The average molecular weight is 1090 g/mol. The highest BCUT2D eigenvalue weighted by Gasteiger charge is 2.28. The number of fused-ring (bicyclic) bond motifs is 1. The van der Waals surface area contributed by atoms with Gasteiger partial charge < -0.3 is 39.2 Å². The van der Waals surface area contributed by atoms with Crippen molar-refractivity contribution < 1.29 is 56.4 Å². The summed E-state index contributed by atoms with van der Waals surface area (Å²) in [6.07, 6.45) is 19.9. The maximum Gasteiger partial charge on any atom is 0.472 e. The monoisotopic (exact) mass is 1090 g/mol. The lowest BCUT2D eigenvalue weighted by Crippen LogP contribution is -2.37. The van der Waals surface area contributed by atoms with E-state index in [0.29, 0.717) is 58.9 Å². The van der Waals surface area contributed by atoms with E-state index >= 15 is 0 Å². The van der Waals surface area contributed by atoms with Crippen molar-refractivity contribution in [2.24, 2.45) is 17.8 Å². The Morgan fingerprint density at radius 1 is 0.753 bits per heavy atom. The Bertz CT molecular complexity index is 2460. The van der Waals surface area contributed by atoms with E-state index in [1.54, 1.807) is 54.7 Å². The number of likely N-dealkylation sites (N-methyl/N-ethyl adjacent to an activating group) is 1. The summed E-state index contributed by atoms with van der Waals surface area (Å²) in [4.78, 5) is 77.7. The van der Waals surface area contributed by atoms with E-state index in [9.17, 15) is 28.6 Å².